The first-order valence-corrected chi connectivity index (χ1v) is 6.15. The van der Waals surface area contributed by atoms with Crippen molar-refractivity contribution >= 4 is 34.5 Å². The molecule has 0 bridgehead atoms. The number of halogens is 1. The molecule has 2 heterocycles. The summed E-state index contributed by atoms with van der Waals surface area (Å²) in [6, 6.07) is 9.43. The average molecular weight is 250 g/mol. The first-order valence-electron chi connectivity index (χ1n) is 4.89. The van der Waals surface area contributed by atoms with E-state index in [4.69, 9.17) is 11.6 Å². The van der Waals surface area contributed by atoms with E-state index >= 15 is 0 Å². The van der Waals surface area contributed by atoms with Gasteiger partial charge in [0.2, 0.25) is 5.91 Å². The predicted molar refractivity (Wildman–Crippen MR) is 66.2 cm³/mol. The number of rotatable bonds is 1. The van der Waals surface area contributed by atoms with Gasteiger partial charge in [0.25, 0.3) is 0 Å². The third-order valence-corrected chi connectivity index (χ3v) is 3.84. The predicted octanol–water partition coefficient (Wildman–Crippen LogP) is 3.49. The number of anilines is 1. The summed E-state index contributed by atoms with van der Waals surface area (Å²) in [5.74, 6) is -0.173. The highest BCUT2D eigenvalue weighted by Gasteiger charge is 2.32. The molecule has 0 saturated heterocycles. The van der Waals surface area contributed by atoms with Gasteiger partial charge >= 0.3 is 0 Å². The van der Waals surface area contributed by atoms with E-state index in [-0.39, 0.29) is 11.8 Å². The van der Waals surface area contributed by atoms with E-state index in [1.807, 2.05) is 29.6 Å². The van der Waals surface area contributed by atoms with E-state index in [0.29, 0.717) is 5.02 Å². The second kappa shape index (κ2) is 3.61. The minimum absolute atomic E-state index is 0.0275. The summed E-state index contributed by atoms with van der Waals surface area (Å²) in [4.78, 5) is 12.9. The Labute approximate surface area is 102 Å². The quantitative estimate of drug-likeness (QED) is 0.824. The third kappa shape index (κ3) is 1.44. The molecule has 0 saturated carbocycles. The molecule has 0 radical (unpaired) electrons. The zero-order chi connectivity index (χ0) is 11.1. The van der Waals surface area contributed by atoms with Crippen LogP contribution in [0.15, 0.2) is 35.7 Å². The molecule has 1 unspecified atom stereocenters. The summed E-state index contributed by atoms with van der Waals surface area (Å²) in [5.41, 5.74) is 1.84. The number of fused-ring (bicyclic) bond motifs is 1. The van der Waals surface area contributed by atoms with Crippen molar-refractivity contribution in [2.75, 3.05) is 5.32 Å². The Hall–Kier alpha value is -1.32. The number of hydrogen-bond donors (Lipinski definition) is 1. The molecule has 1 aliphatic heterocycles. The van der Waals surface area contributed by atoms with Gasteiger partial charge < -0.3 is 5.32 Å². The number of nitrogens with one attached hydrogen (secondary N) is 1. The standard InChI is InChI=1S/C12H8ClNOS/c13-7-3-4-9-8(6-7)11(12(15)14-9)10-2-1-5-16-10/h1-6,11H,(H,14,15). The van der Waals surface area contributed by atoms with Crippen molar-refractivity contribution in [1.29, 1.82) is 0 Å². The lowest BCUT2D eigenvalue weighted by atomic mass is 9.99. The van der Waals surface area contributed by atoms with Crippen LogP contribution < -0.4 is 5.32 Å². The molecular formula is C12H8ClNOS. The Balaban J connectivity index is 2.15. The number of benzene rings is 1. The Morgan fingerprint density at radius 2 is 2.19 bits per heavy atom. The number of carbonyl (C=O) groups excluding carboxylic acids is 1. The molecule has 1 aliphatic rings. The van der Waals surface area contributed by atoms with Gasteiger partial charge in [-0.1, -0.05) is 17.7 Å². The van der Waals surface area contributed by atoms with Crippen molar-refractivity contribution in [3.63, 3.8) is 0 Å². The van der Waals surface area contributed by atoms with Gasteiger partial charge in [0.05, 0.1) is 5.92 Å². The zero-order valence-electron chi connectivity index (χ0n) is 8.24. The summed E-state index contributed by atoms with van der Waals surface area (Å²) in [5, 5.41) is 5.51. The fourth-order valence-electron chi connectivity index (χ4n) is 1.97. The summed E-state index contributed by atoms with van der Waals surface area (Å²) < 4.78 is 0. The molecule has 16 heavy (non-hydrogen) atoms. The summed E-state index contributed by atoms with van der Waals surface area (Å²) >= 11 is 7.55. The van der Waals surface area contributed by atoms with Crippen molar-refractivity contribution in [2.24, 2.45) is 0 Å². The Morgan fingerprint density at radius 3 is 2.94 bits per heavy atom. The van der Waals surface area contributed by atoms with Gasteiger partial charge in [-0.25, -0.2) is 0 Å². The Kier molecular flexibility index (Phi) is 2.23. The summed E-state index contributed by atoms with van der Waals surface area (Å²) in [6.45, 7) is 0. The number of hydrogen-bond acceptors (Lipinski definition) is 2. The van der Waals surface area contributed by atoms with Gasteiger partial charge in [-0.2, -0.15) is 0 Å². The monoisotopic (exact) mass is 249 g/mol. The van der Waals surface area contributed by atoms with Crippen molar-refractivity contribution in [1.82, 2.24) is 0 Å². The summed E-state index contributed by atoms with van der Waals surface area (Å²) in [6.07, 6.45) is 0. The van der Waals surface area contributed by atoms with Crippen LogP contribution in [0, 0.1) is 0 Å². The largest absolute Gasteiger partial charge is 0.325 e. The highest BCUT2D eigenvalue weighted by Crippen LogP contribution is 2.39. The molecule has 3 rings (SSSR count). The van der Waals surface area contributed by atoms with Crippen molar-refractivity contribution in [3.8, 4) is 0 Å². The topological polar surface area (TPSA) is 29.1 Å². The van der Waals surface area contributed by atoms with Crippen LogP contribution in [0.1, 0.15) is 16.4 Å². The Morgan fingerprint density at radius 1 is 1.31 bits per heavy atom. The van der Waals surface area contributed by atoms with Gasteiger partial charge in [0.1, 0.15) is 0 Å². The first-order chi connectivity index (χ1) is 7.75. The van der Waals surface area contributed by atoms with Crippen LogP contribution in [0.2, 0.25) is 5.02 Å². The molecule has 2 nitrogen and oxygen atoms in total. The maximum absolute atomic E-state index is 11.9. The smallest absolute Gasteiger partial charge is 0.237 e. The molecule has 1 amide bonds. The van der Waals surface area contributed by atoms with E-state index in [1.165, 1.54) is 0 Å². The van der Waals surface area contributed by atoms with Gasteiger partial charge in [-0.15, -0.1) is 11.3 Å². The molecule has 1 N–H and O–H groups in total. The Bertz CT molecular complexity index is 550. The van der Waals surface area contributed by atoms with E-state index in [9.17, 15) is 4.79 Å². The van der Waals surface area contributed by atoms with E-state index < -0.39 is 0 Å². The second-order valence-corrected chi connectivity index (χ2v) is 5.08. The van der Waals surface area contributed by atoms with Crippen LogP contribution in [-0.4, -0.2) is 5.91 Å². The minimum Gasteiger partial charge on any atom is -0.325 e. The molecule has 1 aromatic carbocycles. The second-order valence-electron chi connectivity index (χ2n) is 3.67. The van der Waals surface area contributed by atoms with Crippen LogP contribution >= 0.6 is 22.9 Å². The normalized spacial score (nSPS) is 18.3. The molecule has 0 aliphatic carbocycles. The lowest BCUT2D eigenvalue weighted by Gasteiger charge is -2.05. The van der Waals surface area contributed by atoms with Gasteiger partial charge in [-0.3, -0.25) is 4.79 Å². The van der Waals surface area contributed by atoms with Crippen LogP contribution in [0.5, 0.6) is 0 Å². The SMILES string of the molecule is O=C1Nc2ccc(Cl)cc2C1c1cccs1. The average Bonchev–Trinajstić information content (AvgIpc) is 2.83. The van der Waals surface area contributed by atoms with Crippen molar-refractivity contribution < 1.29 is 4.79 Å². The van der Waals surface area contributed by atoms with Crippen LogP contribution in [0.25, 0.3) is 0 Å². The van der Waals surface area contributed by atoms with Crippen LogP contribution in [0.4, 0.5) is 5.69 Å². The highest BCUT2D eigenvalue weighted by atomic mass is 35.5. The lowest BCUT2D eigenvalue weighted by molar-refractivity contribution is -0.116. The van der Waals surface area contributed by atoms with E-state index in [0.717, 1.165) is 16.1 Å². The van der Waals surface area contributed by atoms with E-state index in [1.54, 1.807) is 17.4 Å². The maximum atomic E-state index is 11.9. The molecule has 80 valence electrons. The fourth-order valence-corrected chi connectivity index (χ4v) is 2.99. The molecule has 1 atom stereocenters. The molecule has 2 aromatic rings. The molecular weight excluding hydrogens is 242 g/mol. The number of amides is 1. The maximum Gasteiger partial charge on any atom is 0.237 e. The van der Waals surface area contributed by atoms with Crippen LogP contribution in [-0.2, 0) is 4.79 Å². The van der Waals surface area contributed by atoms with Gasteiger partial charge in [0, 0.05) is 15.6 Å². The van der Waals surface area contributed by atoms with Gasteiger partial charge in [0.15, 0.2) is 0 Å². The number of carbonyl (C=O) groups is 1. The number of thiophene rings is 1. The minimum atomic E-state index is -0.200. The van der Waals surface area contributed by atoms with E-state index in [2.05, 4.69) is 5.32 Å². The third-order valence-electron chi connectivity index (χ3n) is 2.67. The first kappa shape index (κ1) is 9.87. The fraction of sp³-hybridized carbons (Fsp3) is 0.0833. The molecule has 1 aromatic heterocycles. The van der Waals surface area contributed by atoms with Crippen molar-refractivity contribution in [2.45, 2.75) is 5.92 Å². The molecule has 0 fully saturated rings. The molecule has 0 spiro atoms. The van der Waals surface area contributed by atoms with Crippen molar-refractivity contribution in [3.05, 3.63) is 51.2 Å². The van der Waals surface area contributed by atoms with Gasteiger partial charge in [-0.05, 0) is 35.2 Å². The summed E-state index contributed by atoms with van der Waals surface area (Å²) in [7, 11) is 0. The zero-order valence-corrected chi connectivity index (χ0v) is 9.81. The highest BCUT2D eigenvalue weighted by molar-refractivity contribution is 7.10. The molecule has 4 heteroatoms. The van der Waals surface area contributed by atoms with Crippen LogP contribution in [0.3, 0.4) is 0 Å². The lowest BCUT2D eigenvalue weighted by Crippen LogP contribution is -2.11.